The summed E-state index contributed by atoms with van der Waals surface area (Å²) in [7, 11) is -1.50. The molecule has 0 bridgehead atoms. The first-order chi connectivity index (χ1) is 9.98. The number of carbonyl (C=O) groups is 1. The minimum atomic E-state index is -3.02. The van der Waals surface area contributed by atoms with Gasteiger partial charge in [-0.05, 0) is 24.6 Å². The Balaban J connectivity index is 1.84. The summed E-state index contributed by atoms with van der Waals surface area (Å²) in [5.41, 5.74) is 0.942. The maximum absolute atomic E-state index is 12.2. The fraction of sp³-hybridized carbons (Fsp3) is 0.357. The second kappa shape index (κ2) is 5.07. The summed E-state index contributed by atoms with van der Waals surface area (Å²) >= 11 is 0. The standard InChI is InChI=1S/C14H15NO5S/c1-19-12-6-9(7-13-11(12)2-4-20-13)14(16)15-10-3-5-21(17,18)8-10/h2,4,6-7,10H,3,5,8H2,1H3,(H,15,16)/t10-/m1/s1. The number of rotatable bonds is 3. The molecule has 1 amide bonds. The van der Waals surface area contributed by atoms with Gasteiger partial charge >= 0.3 is 0 Å². The van der Waals surface area contributed by atoms with Crippen molar-refractivity contribution < 1.29 is 22.4 Å². The third kappa shape index (κ3) is 2.73. The van der Waals surface area contributed by atoms with Crippen molar-refractivity contribution in [1.82, 2.24) is 5.32 Å². The molecule has 1 saturated heterocycles. The number of methoxy groups -OCH3 is 1. The molecule has 1 aliphatic heterocycles. The lowest BCUT2D eigenvalue weighted by molar-refractivity contribution is 0.0941. The van der Waals surface area contributed by atoms with Crippen LogP contribution in [0.25, 0.3) is 11.0 Å². The third-order valence-corrected chi connectivity index (χ3v) is 5.35. The van der Waals surface area contributed by atoms with Crippen molar-refractivity contribution in [2.75, 3.05) is 18.6 Å². The van der Waals surface area contributed by atoms with Crippen LogP contribution in [0.15, 0.2) is 28.9 Å². The highest BCUT2D eigenvalue weighted by molar-refractivity contribution is 7.91. The minimum Gasteiger partial charge on any atom is -0.496 e. The SMILES string of the molecule is COc1cc(C(=O)N[C@@H]2CCS(=O)(=O)C2)cc2occc12. The van der Waals surface area contributed by atoms with Crippen LogP contribution < -0.4 is 10.1 Å². The second-order valence-electron chi connectivity index (χ2n) is 5.08. The molecule has 1 atom stereocenters. The first-order valence-electron chi connectivity index (χ1n) is 6.55. The molecule has 1 N–H and O–H groups in total. The largest absolute Gasteiger partial charge is 0.496 e. The number of sulfone groups is 1. The van der Waals surface area contributed by atoms with E-state index in [1.165, 1.54) is 13.4 Å². The molecule has 3 rings (SSSR count). The maximum Gasteiger partial charge on any atom is 0.251 e. The van der Waals surface area contributed by atoms with Crippen molar-refractivity contribution in [3.63, 3.8) is 0 Å². The average molecular weight is 309 g/mol. The molecular weight excluding hydrogens is 294 g/mol. The van der Waals surface area contributed by atoms with Gasteiger partial charge in [0.1, 0.15) is 11.3 Å². The Labute approximate surface area is 122 Å². The van der Waals surface area contributed by atoms with Crippen LogP contribution in [0.3, 0.4) is 0 Å². The number of nitrogens with one attached hydrogen (secondary N) is 1. The fourth-order valence-electron chi connectivity index (χ4n) is 2.52. The van der Waals surface area contributed by atoms with Crippen molar-refractivity contribution in [1.29, 1.82) is 0 Å². The second-order valence-corrected chi connectivity index (χ2v) is 7.31. The molecule has 2 aromatic rings. The first kappa shape index (κ1) is 13.9. The Morgan fingerprint density at radius 3 is 2.90 bits per heavy atom. The van der Waals surface area contributed by atoms with Gasteiger partial charge < -0.3 is 14.5 Å². The molecular formula is C14H15NO5S. The first-order valence-corrected chi connectivity index (χ1v) is 8.37. The van der Waals surface area contributed by atoms with Gasteiger partial charge in [0.2, 0.25) is 0 Å². The lowest BCUT2D eigenvalue weighted by atomic mass is 10.1. The Kier molecular flexibility index (Phi) is 3.36. The lowest BCUT2D eigenvalue weighted by Gasteiger charge is -2.11. The van der Waals surface area contributed by atoms with Crippen molar-refractivity contribution in [2.24, 2.45) is 0 Å². The van der Waals surface area contributed by atoms with Crippen LogP contribution in [-0.4, -0.2) is 39.0 Å². The van der Waals surface area contributed by atoms with Gasteiger partial charge in [-0.3, -0.25) is 4.79 Å². The van der Waals surface area contributed by atoms with Crippen LogP contribution in [-0.2, 0) is 9.84 Å². The molecule has 0 spiro atoms. The summed E-state index contributed by atoms with van der Waals surface area (Å²) in [5.74, 6) is 0.344. The van der Waals surface area contributed by atoms with Gasteiger partial charge in [-0.2, -0.15) is 0 Å². The molecule has 112 valence electrons. The highest BCUT2D eigenvalue weighted by atomic mass is 32.2. The Morgan fingerprint density at radius 1 is 1.43 bits per heavy atom. The van der Waals surface area contributed by atoms with Crippen LogP contribution >= 0.6 is 0 Å². The summed E-state index contributed by atoms with van der Waals surface area (Å²) in [6.07, 6.45) is 1.98. The molecule has 6 nitrogen and oxygen atoms in total. The normalized spacial score (nSPS) is 20.5. The Bertz CT molecular complexity index is 793. The fourth-order valence-corrected chi connectivity index (χ4v) is 4.19. The van der Waals surface area contributed by atoms with Gasteiger partial charge in [-0.1, -0.05) is 0 Å². The van der Waals surface area contributed by atoms with E-state index in [2.05, 4.69) is 5.32 Å². The molecule has 1 aliphatic rings. The highest BCUT2D eigenvalue weighted by Gasteiger charge is 2.29. The molecule has 2 heterocycles. The number of carbonyl (C=O) groups excluding carboxylic acids is 1. The van der Waals surface area contributed by atoms with E-state index in [9.17, 15) is 13.2 Å². The van der Waals surface area contributed by atoms with E-state index in [1.54, 1.807) is 18.2 Å². The highest BCUT2D eigenvalue weighted by Crippen LogP contribution is 2.28. The average Bonchev–Trinajstić information content (AvgIpc) is 3.03. The van der Waals surface area contributed by atoms with Crippen LogP contribution in [0.5, 0.6) is 5.75 Å². The topological polar surface area (TPSA) is 85.6 Å². The maximum atomic E-state index is 12.2. The Hall–Kier alpha value is -2.02. The predicted octanol–water partition coefficient (Wildman–Crippen LogP) is 1.36. The van der Waals surface area contributed by atoms with Crippen molar-refractivity contribution >= 4 is 26.7 Å². The molecule has 0 saturated carbocycles. The number of amides is 1. The van der Waals surface area contributed by atoms with E-state index in [4.69, 9.17) is 9.15 Å². The van der Waals surface area contributed by atoms with Gasteiger partial charge in [-0.25, -0.2) is 8.42 Å². The smallest absolute Gasteiger partial charge is 0.251 e. The quantitative estimate of drug-likeness (QED) is 0.925. The molecule has 0 aliphatic carbocycles. The zero-order valence-corrected chi connectivity index (χ0v) is 12.3. The van der Waals surface area contributed by atoms with E-state index in [-0.39, 0.29) is 23.5 Å². The predicted molar refractivity (Wildman–Crippen MR) is 77.3 cm³/mol. The molecule has 1 aromatic heterocycles. The van der Waals surface area contributed by atoms with E-state index in [0.29, 0.717) is 23.3 Å². The monoisotopic (exact) mass is 309 g/mol. The van der Waals surface area contributed by atoms with Crippen molar-refractivity contribution in [3.8, 4) is 5.75 Å². The number of hydrogen-bond acceptors (Lipinski definition) is 5. The van der Waals surface area contributed by atoms with Crippen LogP contribution in [0, 0.1) is 0 Å². The van der Waals surface area contributed by atoms with Gasteiger partial charge in [0.05, 0.1) is 30.3 Å². The minimum absolute atomic E-state index is 0.00112. The molecule has 0 unspecified atom stereocenters. The molecule has 1 aromatic carbocycles. The summed E-state index contributed by atoms with van der Waals surface area (Å²) in [4.78, 5) is 12.2. The zero-order valence-electron chi connectivity index (χ0n) is 11.5. The lowest BCUT2D eigenvalue weighted by Crippen LogP contribution is -2.35. The number of benzene rings is 1. The molecule has 21 heavy (non-hydrogen) atoms. The number of hydrogen-bond donors (Lipinski definition) is 1. The van der Waals surface area contributed by atoms with Gasteiger partial charge in [0, 0.05) is 11.6 Å². The van der Waals surface area contributed by atoms with Crippen LogP contribution in [0.2, 0.25) is 0 Å². The Morgan fingerprint density at radius 2 is 2.24 bits per heavy atom. The third-order valence-electron chi connectivity index (χ3n) is 3.58. The van der Waals surface area contributed by atoms with Crippen LogP contribution in [0.4, 0.5) is 0 Å². The molecule has 7 heteroatoms. The number of fused-ring (bicyclic) bond motifs is 1. The van der Waals surface area contributed by atoms with E-state index in [1.807, 2.05) is 0 Å². The van der Waals surface area contributed by atoms with E-state index >= 15 is 0 Å². The number of furan rings is 1. The van der Waals surface area contributed by atoms with E-state index < -0.39 is 9.84 Å². The summed E-state index contributed by atoms with van der Waals surface area (Å²) in [6.45, 7) is 0. The van der Waals surface area contributed by atoms with Crippen LogP contribution in [0.1, 0.15) is 16.8 Å². The summed E-state index contributed by atoms with van der Waals surface area (Å²) in [6, 6.07) is 4.67. The van der Waals surface area contributed by atoms with Gasteiger partial charge in [-0.15, -0.1) is 0 Å². The molecule has 0 radical (unpaired) electrons. The van der Waals surface area contributed by atoms with E-state index in [0.717, 1.165) is 5.39 Å². The summed E-state index contributed by atoms with van der Waals surface area (Å²) < 4.78 is 33.4. The molecule has 1 fully saturated rings. The van der Waals surface area contributed by atoms with Gasteiger partial charge in [0.15, 0.2) is 9.84 Å². The summed E-state index contributed by atoms with van der Waals surface area (Å²) in [5, 5.41) is 3.53. The van der Waals surface area contributed by atoms with Crippen molar-refractivity contribution in [3.05, 3.63) is 30.0 Å². The van der Waals surface area contributed by atoms with Gasteiger partial charge in [0.25, 0.3) is 5.91 Å². The zero-order chi connectivity index (χ0) is 15.0. The van der Waals surface area contributed by atoms with Crippen molar-refractivity contribution in [2.45, 2.75) is 12.5 Å². The number of ether oxygens (including phenoxy) is 1.